The van der Waals surface area contributed by atoms with Crippen molar-refractivity contribution in [1.82, 2.24) is 5.23 Å². The van der Waals surface area contributed by atoms with E-state index in [0.717, 1.165) is 0 Å². The van der Waals surface area contributed by atoms with Crippen molar-refractivity contribution in [3.8, 4) is 0 Å². The first-order chi connectivity index (χ1) is 4.04. The zero-order valence-corrected chi connectivity index (χ0v) is 5.46. The van der Waals surface area contributed by atoms with Crippen LogP contribution in [0.5, 0.6) is 0 Å². The molecule has 52 valence electrons. The lowest BCUT2D eigenvalue weighted by molar-refractivity contribution is -0.138. The monoisotopic (exact) mass is 131 g/mol. The van der Waals surface area contributed by atoms with E-state index in [2.05, 4.69) is 5.23 Å². The molecule has 0 aromatic heterocycles. The minimum absolute atomic E-state index is 0.690. The van der Waals surface area contributed by atoms with Crippen LogP contribution in [0.2, 0.25) is 6.82 Å². The molecular weight excluding hydrogens is 121 g/mol. The Bertz CT molecular complexity index is 106. The molecule has 0 aromatic carbocycles. The van der Waals surface area contributed by atoms with Crippen molar-refractivity contribution < 1.29 is 14.9 Å². The zero-order chi connectivity index (χ0) is 7.44. The Morgan fingerprint density at radius 3 is 2.33 bits per heavy atom. The van der Waals surface area contributed by atoms with Gasteiger partial charge in [-0.25, -0.2) is 0 Å². The van der Waals surface area contributed by atoms with Gasteiger partial charge in [0.25, 0.3) is 0 Å². The molecule has 0 spiro atoms. The summed E-state index contributed by atoms with van der Waals surface area (Å²) in [7, 11) is -0.768. The summed E-state index contributed by atoms with van der Waals surface area (Å²) in [6, 6.07) is -0.690. The summed E-state index contributed by atoms with van der Waals surface area (Å²) in [5.74, 6) is -0.962. The first-order valence-electron chi connectivity index (χ1n) is 2.71. The first-order valence-corrected chi connectivity index (χ1v) is 2.71. The molecule has 1 unspecified atom stereocenters. The van der Waals surface area contributed by atoms with E-state index < -0.39 is 19.1 Å². The average Bonchev–Trinajstić information content (AvgIpc) is 1.63. The molecule has 0 aliphatic heterocycles. The van der Waals surface area contributed by atoms with Gasteiger partial charge in [0.05, 0.1) is 6.04 Å². The number of hydrogen-bond acceptors (Lipinski definition) is 3. The van der Waals surface area contributed by atoms with Crippen molar-refractivity contribution in [2.45, 2.75) is 19.8 Å². The van der Waals surface area contributed by atoms with Crippen molar-refractivity contribution >= 4 is 13.0 Å². The van der Waals surface area contributed by atoms with E-state index in [4.69, 9.17) is 10.1 Å². The predicted molar refractivity (Wildman–Crippen MR) is 34.1 cm³/mol. The third-order valence-corrected chi connectivity index (χ3v) is 0.862. The highest BCUT2D eigenvalue weighted by Gasteiger charge is 2.13. The van der Waals surface area contributed by atoms with Gasteiger partial charge in [-0.1, -0.05) is 0 Å². The van der Waals surface area contributed by atoms with Crippen LogP contribution in [-0.4, -0.2) is 29.2 Å². The van der Waals surface area contributed by atoms with Gasteiger partial charge in [-0.3, -0.25) is 4.79 Å². The molecule has 0 radical (unpaired) electrons. The van der Waals surface area contributed by atoms with Crippen LogP contribution in [0.25, 0.3) is 0 Å². The van der Waals surface area contributed by atoms with Crippen LogP contribution >= 0.6 is 0 Å². The molecule has 0 aliphatic rings. The van der Waals surface area contributed by atoms with E-state index in [0.29, 0.717) is 0 Å². The normalized spacial score (nSPS) is 12.8. The van der Waals surface area contributed by atoms with Crippen LogP contribution in [0.4, 0.5) is 0 Å². The fourth-order valence-electron chi connectivity index (χ4n) is 0.433. The van der Waals surface area contributed by atoms with Crippen molar-refractivity contribution in [3.63, 3.8) is 0 Å². The average molecular weight is 131 g/mol. The molecule has 4 nitrogen and oxygen atoms in total. The fraction of sp³-hybridized carbons (Fsp3) is 0.750. The Morgan fingerprint density at radius 1 is 1.78 bits per heavy atom. The minimum atomic E-state index is -0.962. The van der Waals surface area contributed by atoms with E-state index >= 15 is 0 Å². The number of hydrogen-bond donors (Lipinski definition) is 3. The smallest absolute Gasteiger partial charge is 0.374 e. The Labute approximate surface area is 54.0 Å². The van der Waals surface area contributed by atoms with Crippen LogP contribution in [0.3, 0.4) is 0 Å². The molecule has 0 aromatic rings. The molecule has 0 amide bonds. The van der Waals surface area contributed by atoms with Crippen molar-refractivity contribution in [3.05, 3.63) is 0 Å². The van der Waals surface area contributed by atoms with E-state index in [1.165, 1.54) is 13.7 Å². The highest BCUT2D eigenvalue weighted by Crippen LogP contribution is 1.80. The molecule has 5 heteroatoms. The third-order valence-electron chi connectivity index (χ3n) is 0.862. The fourth-order valence-corrected chi connectivity index (χ4v) is 0.433. The summed E-state index contributed by atoms with van der Waals surface area (Å²) in [5.41, 5.74) is 0. The van der Waals surface area contributed by atoms with Crippen LogP contribution in [0.1, 0.15) is 6.92 Å². The Balaban J connectivity index is 3.50. The lowest BCUT2D eigenvalue weighted by atomic mass is 9.87. The van der Waals surface area contributed by atoms with Crippen molar-refractivity contribution in [2.75, 3.05) is 0 Å². The maximum atomic E-state index is 10.1. The molecule has 0 aliphatic carbocycles. The SMILES string of the molecule is CB(O)NC(C)C(=O)O. The summed E-state index contributed by atoms with van der Waals surface area (Å²) >= 11 is 0. The number of nitrogens with one attached hydrogen (secondary N) is 1. The summed E-state index contributed by atoms with van der Waals surface area (Å²) in [6.07, 6.45) is 0. The largest absolute Gasteiger partial charge is 0.480 e. The van der Waals surface area contributed by atoms with Gasteiger partial charge in [0.2, 0.25) is 0 Å². The molecule has 0 saturated heterocycles. The third kappa shape index (κ3) is 3.99. The van der Waals surface area contributed by atoms with Crippen LogP contribution in [0.15, 0.2) is 0 Å². The quantitative estimate of drug-likeness (QED) is 0.436. The lowest BCUT2D eigenvalue weighted by Crippen LogP contribution is -2.42. The molecule has 0 fully saturated rings. The van der Waals surface area contributed by atoms with E-state index in [9.17, 15) is 4.79 Å². The number of carboxylic acid groups (broad SMARTS) is 1. The summed E-state index contributed by atoms with van der Waals surface area (Å²) < 4.78 is 0. The predicted octanol–water partition coefficient (Wildman–Crippen LogP) is -0.841. The number of rotatable bonds is 3. The highest BCUT2D eigenvalue weighted by molar-refractivity contribution is 6.45. The Hall–Kier alpha value is -0.545. The van der Waals surface area contributed by atoms with E-state index in [1.54, 1.807) is 0 Å². The summed E-state index contributed by atoms with van der Waals surface area (Å²) in [4.78, 5) is 10.1. The van der Waals surface area contributed by atoms with Gasteiger partial charge in [0.15, 0.2) is 0 Å². The molecule has 0 rings (SSSR count). The summed E-state index contributed by atoms with van der Waals surface area (Å²) in [6.45, 7) is 2.94. The number of carboxylic acids is 1. The van der Waals surface area contributed by atoms with Crippen LogP contribution in [-0.2, 0) is 4.79 Å². The molecule has 1 atom stereocenters. The molecule has 0 bridgehead atoms. The highest BCUT2D eigenvalue weighted by atomic mass is 16.4. The minimum Gasteiger partial charge on any atom is -0.480 e. The molecule has 0 heterocycles. The van der Waals surface area contributed by atoms with Gasteiger partial charge in [-0.15, -0.1) is 0 Å². The van der Waals surface area contributed by atoms with Gasteiger partial charge in [-0.2, -0.15) is 0 Å². The zero-order valence-electron chi connectivity index (χ0n) is 5.46. The van der Waals surface area contributed by atoms with Crippen LogP contribution < -0.4 is 5.23 Å². The topological polar surface area (TPSA) is 69.6 Å². The molecule has 0 saturated carbocycles. The lowest BCUT2D eigenvalue weighted by Gasteiger charge is -2.07. The van der Waals surface area contributed by atoms with Gasteiger partial charge in [0.1, 0.15) is 0 Å². The van der Waals surface area contributed by atoms with Crippen LogP contribution in [0, 0.1) is 0 Å². The van der Waals surface area contributed by atoms with Gasteiger partial charge >= 0.3 is 13.0 Å². The molecule has 9 heavy (non-hydrogen) atoms. The molecular formula is C4H10BNO3. The van der Waals surface area contributed by atoms with E-state index in [-0.39, 0.29) is 0 Å². The first kappa shape index (κ1) is 8.45. The summed E-state index contributed by atoms with van der Waals surface area (Å²) in [5, 5.41) is 19.3. The van der Waals surface area contributed by atoms with Gasteiger partial charge < -0.3 is 15.4 Å². The standard InChI is InChI=1S/C4H10BNO3/c1-3(4(7)8)6-5(2)9/h3,6,9H,1-2H3,(H,7,8). The Morgan fingerprint density at radius 2 is 2.22 bits per heavy atom. The van der Waals surface area contributed by atoms with E-state index in [1.807, 2.05) is 0 Å². The van der Waals surface area contributed by atoms with Crippen molar-refractivity contribution in [2.24, 2.45) is 0 Å². The second-order valence-corrected chi connectivity index (χ2v) is 1.90. The maximum absolute atomic E-state index is 10.1. The Kier molecular flexibility index (Phi) is 3.26. The molecule has 3 N–H and O–H groups in total. The second-order valence-electron chi connectivity index (χ2n) is 1.90. The maximum Gasteiger partial charge on any atom is 0.374 e. The number of aliphatic carboxylic acids is 1. The van der Waals surface area contributed by atoms with Crippen molar-refractivity contribution in [1.29, 1.82) is 0 Å². The second kappa shape index (κ2) is 3.47. The number of carbonyl (C=O) groups is 1. The van der Waals surface area contributed by atoms with Gasteiger partial charge in [-0.05, 0) is 13.7 Å². The van der Waals surface area contributed by atoms with Gasteiger partial charge in [0, 0.05) is 0 Å².